The van der Waals surface area contributed by atoms with E-state index in [9.17, 15) is 36.4 Å². The molecule has 3 amide bonds. The second kappa shape index (κ2) is 15.4. The number of aromatic nitrogens is 2. The van der Waals surface area contributed by atoms with Crippen LogP contribution in [-0.4, -0.2) is 95.1 Å². The first-order chi connectivity index (χ1) is 27.7. The lowest BCUT2D eigenvalue weighted by molar-refractivity contribution is -0.159. The van der Waals surface area contributed by atoms with Crippen LogP contribution in [0.4, 0.5) is 8.78 Å². The molecule has 1 aromatic carbocycles. The van der Waals surface area contributed by atoms with Crippen LogP contribution < -0.4 is 19.5 Å². The highest BCUT2D eigenvalue weighted by atomic mass is 32.2. The number of rotatable bonds is 8. The number of aryl methyl sites for hydroxylation is 1. The molecule has 7 rings (SSSR count). The highest BCUT2D eigenvalue weighted by Gasteiger charge is 2.68. The summed E-state index contributed by atoms with van der Waals surface area (Å²) in [4.78, 5) is 68.1. The molecule has 2 aromatic rings. The van der Waals surface area contributed by atoms with E-state index in [1.165, 1.54) is 11.8 Å². The summed E-state index contributed by atoms with van der Waals surface area (Å²) in [6.07, 6.45) is 1.26. The zero-order chi connectivity index (χ0) is 42.9. The molecule has 2 aliphatic heterocycles. The van der Waals surface area contributed by atoms with Gasteiger partial charge in [0.25, 0.3) is 5.91 Å². The van der Waals surface area contributed by atoms with Crippen molar-refractivity contribution in [3.63, 3.8) is 0 Å². The lowest BCUT2D eigenvalue weighted by Gasteiger charge is -2.35. The highest BCUT2D eigenvalue weighted by Crippen LogP contribution is 2.53. The highest BCUT2D eigenvalue weighted by molar-refractivity contribution is 7.91. The number of nitrogens with one attached hydrogen (secondary N) is 2. The van der Waals surface area contributed by atoms with Gasteiger partial charge in [-0.3, -0.25) is 23.9 Å². The van der Waals surface area contributed by atoms with Gasteiger partial charge < -0.3 is 24.4 Å². The van der Waals surface area contributed by atoms with Crippen molar-refractivity contribution in [3.8, 4) is 11.6 Å². The van der Waals surface area contributed by atoms with E-state index < -0.39 is 97.8 Å². The Bertz CT molecular complexity index is 2130. The van der Waals surface area contributed by atoms with E-state index in [4.69, 9.17) is 24.2 Å². The normalized spacial score (nSPS) is 32.1. The number of hydrogen-bond acceptors (Lipinski definition) is 11. The molecule has 0 radical (unpaired) electrons. The number of methoxy groups -OCH3 is 1. The SMILES string of the molecule is CC[C@]12C[C@@H]1CCCCCc1nc3ccc(OC)cc3nc1O[C@H]1CN(C(=O)[C@H](C(C)(C)C)CC(=O)O2)[C@H](C(=O)N[C@]2(C(=O)NS(=O)(=O)C3(C)CC3)C[C@H]2C(F)F)[C@@H]1C. The van der Waals surface area contributed by atoms with Gasteiger partial charge in [0.2, 0.25) is 34.1 Å². The number of benzene rings is 1. The number of alkyl halides is 2. The maximum Gasteiger partial charge on any atom is 0.307 e. The molecule has 4 fully saturated rings. The number of carbonyl (C=O) groups is 4. The smallest absolute Gasteiger partial charge is 0.307 e. The van der Waals surface area contributed by atoms with Gasteiger partial charge in [0.15, 0.2) is 0 Å². The van der Waals surface area contributed by atoms with E-state index in [0.717, 1.165) is 32.1 Å². The number of esters is 1. The second-order valence-corrected chi connectivity index (χ2v) is 21.0. The third-order valence-corrected chi connectivity index (χ3v) is 15.9. The standard InChI is InChI=1S/C42H57F2N5O9S/c1-8-41-20-24(41)12-10-9-11-13-29-36(46-30-18-25(56-7)14-15-28(30)45-29)57-31-22-49(37(52)26(39(3,4)5)19-32(50)58-41)33(23(31)2)35(51)47-42(21-27(42)34(43)44)38(53)48-59(54,55)40(6)16-17-40/h14-15,18,23-24,26-27,31,33-34H,8-13,16-17,19-22H2,1-7H3,(H,47,51)(H,48,53)/t23-,24+,26-,27+,31+,33+,41+,42-/m1/s1. The van der Waals surface area contributed by atoms with Gasteiger partial charge in [-0.05, 0) is 75.8 Å². The van der Waals surface area contributed by atoms with Crippen molar-refractivity contribution in [2.45, 2.75) is 147 Å². The van der Waals surface area contributed by atoms with Crippen molar-refractivity contribution in [2.24, 2.45) is 29.1 Å². The summed E-state index contributed by atoms with van der Waals surface area (Å²) in [7, 11) is -2.70. The van der Waals surface area contributed by atoms with E-state index in [0.29, 0.717) is 48.2 Å². The number of amides is 3. The molecule has 324 valence electrons. The largest absolute Gasteiger partial charge is 0.497 e. The minimum Gasteiger partial charge on any atom is -0.497 e. The summed E-state index contributed by atoms with van der Waals surface area (Å²) in [6.45, 7) is 10.4. The fourth-order valence-electron chi connectivity index (χ4n) is 9.04. The quantitative estimate of drug-likeness (QED) is 0.331. The molecule has 0 unspecified atom stereocenters. The van der Waals surface area contributed by atoms with E-state index in [-0.39, 0.29) is 24.8 Å². The predicted octanol–water partition coefficient (Wildman–Crippen LogP) is 5.25. The molecule has 3 heterocycles. The first-order valence-corrected chi connectivity index (χ1v) is 22.4. The van der Waals surface area contributed by atoms with Gasteiger partial charge in [-0.25, -0.2) is 27.2 Å². The zero-order valence-corrected chi connectivity index (χ0v) is 35.8. The van der Waals surface area contributed by atoms with E-state index in [2.05, 4.69) is 5.32 Å². The maximum absolute atomic E-state index is 14.9. The van der Waals surface area contributed by atoms with E-state index in [1.807, 2.05) is 38.5 Å². The molecule has 5 aliphatic rings. The minimum absolute atomic E-state index is 0.151. The van der Waals surface area contributed by atoms with E-state index >= 15 is 0 Å². The third-order valence-electron chi connectivity index (χ3n) is 13.7. The van der Waals surface area contributed by atoms with Gasteiger partial charge in [-0.2, -0.15) is 0 Å². The number of carbonyl (C=O) groups excluding carboxylic acids is 4. The molecule has 3 saturated carbocycles. The Morgan fingerprint density at radius 3 is 2.44 bits per heavy atom. The summed E-state index contributed by atoms with van der Waals surface area (Å²) in [5.41, 5.74) is -1.91. The Labute approximate surface area is 344 Å². The molecule has 8 atom stereocenters. The van der Waals surface area contributed by atoms with Crippen LogP contribution in [0.25, 0.3) is 11.0 Å². The molecule has 2 bridgehead atoms. The minimum atomic E-state index is -4.24. The molecule has 1 saturated heterocycles. The number of fused-ring (bicyclic) bond motifs is 5. The number of ether oxygens (including phenoxy) is 3. The van der Waals surface area contributed by atoms with Crippen LogP contribution in [-0.2, 0) is 40.4 Å². The number of halogens is 2. The van der Waals surface area contributed by atoms with Gasteiger partial charge in [0, 0.05) is 17.9 Å². The van der Waals surface area contributed by atoms with E-state index in [1.54, 1.807) is 26.2 Å². The van der Waals surface area contributed by atoms with Crippen LogP contribution in [0.5, 0.6) is 11.6 Å². The van der Waals surface area contributed by atoms with Crippen molar-refractivity contribution in [1.29, 1.82) is 0 Å². The molecule has 14 nitrogen and oxygen atoms in total. The topological polar surface area (TPSA) is 183 Å². The zero-order valence-electron chi connectivity index (χ0n) is 34.9. The van der Waals surface area contributed by atoms with Crippen LogP contribution >= 0.6 is 0 Å². The fourth-order valence-corrected chi connectivity index (χ4v) is 10.3. The van der Waals surface area contributed by atoms with Crippen molar-refractivity contribution >= 4 is 44.7 Å². The second-order valence-electron chi connectivity index (χ2n) is 18.8. The maximum atomic E-state index is 14.9. The lowest BCUT2D eigenvalue weighted by atomic mass is 9.77. The molecule has 17 heteroatoms. The molecular formula is C42H57F2N5O9S. The van der Waals surface area contributed by atoms with Gasteiger partial charge in [0.05, 0.1) is 47.7 Å². The number of nitrogens with zero attached hydrogens (tertiary/aromatic N) is 3. The van der Waals surface area contributed by atoms with Crippen LogP contribution in [0, 0.1) is 29.1 Å². The first kappa shape index (κ1) is 43.0. The Kier molecular flexibility index (Phi) is 11.2. The molecule has 59 heavy (non-hydrogen) atoms. The van der Waals surface area contributed by atoms with Crippen LogP contribution in [0.1, 0.15) is 111 Å². The van der Waals surface area contributed by atoms with Crippen molar-refractivity contribution in [1.82, 2.24) is 24.9 Å². The van der Waals surface area contributed by atoms with Gasteiger partial charge in [-0.1, -0.05) is 47.5 Å². The van der Waals surface area contributed by atoms with Crippen molar-refractivity contribution in [3.05, 3.63) is 23.9 Å². The molecule has 0 spiro atoms. The molecule has 1 aromatic heterocycles. The van der Waals surface area contributed by atoms with Gasteiger partial charge in [0.1, 0.15) is 34.7 Å². The van der Waals surface area contributed by atoms with Crippen LogP contribution in [0.15, 0.2) is 18.2 Å². The van der Waals surface area contributed by atoms with Crippen LogP contribution in [0.2, 0.25) is 0 Å². The first-order valence-electron chi connectivity index (χ1n) is 20.9. The molecule has 3 aliphatic carbocycles. The van der Waals surface area contributed by atoms with Crippen molar-refractivity contribution in [2.75, 3.05) is 13.7 Å². The average molecular weight is 846 g/mol. The average Bonchev–Trinajstić information content (AvgIpc) is 4.12. The lowest BCUT2D eigenvalue weighted by Crippen LogP contribution is -2.59. The number of hydrogen-bond donors (Lipinski definition) is 2. The summed E-state index contributed by atoms with van der Waals surface area (Å²) in [6, 6.07) is 3.96. The summed E-state index contributed by atoms with van der Waals surface area (Å²) in [5, 5.41) is 2.51. The Morgan fingerprint density at radius 2 is 1.81 bits per heavy atom. The van der Waals surface area contributed by atoms with Crippen LogP contribution in [0.3, 0.4) is 0 Å². The Morgan fingerprint density at radius 1 is 1.08 bits per heavy atom. The monoisotopic (exact) mass is 845 g/mol. The summed E-state index contributed by atoms with van der Waals surface area (Å²) >= 11 is 0. The van der Waals surface area contributed by atoms with Gasteiger partial charge in [-0.15, -0.1) is 0 Å². The summed E-state index contributed by atoms with van der Waals surface area (Å²) in [5.74, 6) is -5.70. The molecular weight excluding hydrogens is 789 g/mol. The fraction of sp³-hybridized carbons (Fsp3) is 0.714. The Hall–Kier alpha value is -4.15. The Balaban J connectivity index is 1.26. The molecule has 2 N–H and O–H groups in total. The van der Waals surface area contributed by atoms with Crippen molar-refractivity contribution < 1.29 is 50.6 Å². The third kappa shape index (κ3) is 8.20. The van der Waals surface area contributed by atoms with Gasteiger partial charge >= 0.3 is 5.97 Å². The summed E-state index contributed by atoms with van der Waals surface area (Å²) < 4.78 is 73.8. The predicted molar refractivity (Wildman–Crippen MR) is 212 cm³/mol. The number of sulfonamides is 1.